The van der Waals surface area contributed by atoms with E-state index in [2.05, 4.69) is 5.32 Å². The molecule has 3 nitrogen and oxygen atoms in total. The topological polar surface area (TPSA) is 49.3 Å². The van der Waals surface area contributed by atoms with Gasteiger partial charge in [0.25, 0.3) is 0 Å². The third-order valence-electron chi connectivity index (χ3n) is 2.60. The fraction of sp³-hybridized carbons (Fsp3) is 0.583. The molecular formula is C12H18ClNO2S. The lowest BCUT2D eigenvalue weighted by atomic mass is 10.1. The number of aliphatic hydroxyl groups is 1. The number of rotatable bonds is 6. The van der Waals surface area contributed by atoms with Crippen molar-refractivity contribution in [3.63, 3.8) is 0 Å². The molecule has 2 atom stereocenters. The van der Waals surface area contributed by atoms with Crippen LogP contribution in [0.5, 0.6) is 0 Å². The molecule has 0 radical (unpaired) electrons. The van der Waals surface area contributed by atoms with Crippen LogP contribution in [-0.2, 0) is 4.79 Å². The maximum absolute atomic E-state index is 11.9. The molecule has 1 aromatic heterocycles. The minimum atomic E-state index is -0.177. The molecule has 96 valence electrons. The molecule has 1 rings (SSSR count). The highest BCUT2D eigenvalue weighted by Gasteiger charge is 2.18. The molecule has 0 aliphatic heterocycles. The smallest absolute Gasteiger partial charge is 0.228 e. The van der Waals surface area contributed by atoms with Crippen LogP contribution < -0.4 is 5.32 Å². The molecule has 1 amide bonds. The highest BCUT2D eigenvalue weighted by atomic mass is 35.5. The molecule has 2 unspecified atom stereocenters. The molecule has 5 heteroatoms. The first-order valence-electron chi connectivity index (χ1n) is 5.71. The predicted octanol–water partition coefficient (Wildman–Crippen LogP) is 2.78. The van der Waals surface area contributed by atoms with Gasteiger partial charge in [-0.05, 0) is 38.8 Å². The highest BCUT2D eigenvalue weighted by molar-refractivity contribution is 7.16. The van der Waals surface area contributed by atoms with Crippen molar-refractivity contribution >= 4 is 28.8 Å². The first kappa shape index (κ1) is 14.5. The third kappa shape index (κ3) is 4.66. The molecule has 0 saturated heterocycles. The number of nitrogens with one attached hydrogen (secondary N) is 1. The zero-order chi connectivity index (χ0) is 12.8. The van der Waals surface area contributed by atoms with Gasteiger partial charge >= 0.3 is 0 Å². The van der Waals surface area contributed by atoms with Gasteiger partial charge in [-0.15, -0.1) is 11.3 Å². The van der Waals surface area contributed by atoms with Crippen LogP contribution in [0.1, 0.15) is 37.5 Å². The minimum Gasteiger partial charge on any atom is -0.396 e. The summed E-state index contributed by atoms with van der Waals surface area (Å²) in [5, 5.41) is 11.6. The molecule has 2 N–H and O–H groups in total. The summed E-state index contributed by atoms with van der Waals surface area (Å²) in [5.74, 6) is -0.168. The number of thiophene rings is 1. The standard InChI is InChI=1S/C12H18ClNO2S/c1-8(4-3-7-15)14-12(16)9(2)10-5-6-11(13)17-10/h5-6,8-9,15H,3-4,7H2,1-2H3,(H,14,16). The molecule has 1 heterocycles. The Hall–Kier alpha value is -0.580. The predicted molar refractivity (Wildman–Crippen MR) is 71.7 cm³/mol. The van der Waals surface area contributed by atoms with Gasteiger partial charge in [-0.3, -0.25) is 4.79 Å². The van der Waals surface area contributed by atoms with E-state index in [1.165, 1.54) is 11.3 Å². The Bertz CT molecular complexity index is 367. The van der Waals surface area contributed by atoms with E-state index in [1.807, 2.05) is 19.9 Å². The van der Waals surface area contributed by atoms with Crippen LogP contribution in [0.4, 0.5) is 0 Å². The Morgan fingerprint density at radius 1 is 1.53 bits per heavy atom. The summed E-state index contributed by atoms with van der Waals surface area (Å²) in [5.41, 5.74) is 0. The van der Waals surface area contributed by atoms with Crippen LogP contribution >= 0.6 is 22.9 Å². The van der Waals surface area contributed by atoms with Crippen molar-refractivity contribution in [1.29, 1.82) is 0 Å². The maximum Gasteiger partial charge on any atom is 0.228 e. The van der Waals surface area contributed by atoms with E-state index in [1.54, 1.807) is 6.07 Å². The van der Waals surface area contributed by atoms with Crippen LogP contribution in [0.15, 0.2) is 12.1 Å². The van der Waals surface area contributed by atoms with Gasteiger partial charge in [0.15, 0.2) is 0 Å². The molecule has 0 aliphatic carbocycles. The SMILES string of the molecule is CC(CCCO)NC(=O)C(C)c1ccc(Cl)s1. The number of halogens is 1. The summed E-state index contributed by atoms with van der Waals surface area (Å²) in [4.78, 5) is 12.9. The lowest BCUT2D eigenvalue weighted by Crippen LogP contribution is -2.35. The number of aliphatic hydroxyl groups excluding tert-OH is 1. The summed E-state index contributed by atoms with van der Waals surface area (Å²) < 4.78 is 0.702. The van der Waals surface area contributed by atoms with E-state index in [4.69, 9.17) is 16.7 Å². The first-order valence-corrected chi connectivity index (χ1v) is 6.90. The second-order valence-electron chi connectivity index (χ2n) is 4.14. The Morgan fingerprint density at radius 2 is 2.24 bits per heavy atom. The zero-order valence-electron chi connectivity index (χ0n) is 10.1. The third-order valence-corrected chi connectivity index (χ3v) is 4.01. The molecule has 0 spiro atoms. The quantitative estimate of drug-likeness (QED) is 0.839. The van der Waals surface area contributed by atoms with Crippen LogP contribution in [0, 0.1) is 0 Å². The summed E-state index contributed by atoms with van der Waals surface area (Å²) in [7, 11) is 0. The van der Waals surface area contributed by atoms with Crippen LogP contribution in [0.25, 0.3) is 0 Å². The van der Waals surface area contributed by atoms with Gasteiger partial charge in [0.05, 0.1) is 10.3 Å². The molecule has 0 aliphatic rings. The average molecular weight is 276 g/mol. The number of amides is 1. The van der Waals surface area contributed by atoms with Crippen LogP contribution in [0.2, 0.25) is 4.34 Å². The van der Waals surface area contributed by atoms with E-state index in [0.717, 1.165) is 11.3 Å². The molecule has 0 bridgehead atoms. The molecular weight excluding hydrogens is 258 g/mol. The second-order valence-corrected chi connectivity index (χ2v) is 5.89. The van der Waals surface area contributed by atoms with E-state index in [-0.39, 0.29) is 24.5 Å². The van der Waals surface area contributed by atoms with Crippen LogP contribution in [-0.4, -0.2) is 23.7 Å². The van der Waals surface area contributed by atoms with Gasteiger partial charge in [-0.2, -0.15) is 0 Å². The number of hydrogen-bond donors (Lipinski definition) is 2. The fourth-order valence-corrected chi connectivity index (χ4v) is 2.64. The van der Waals surface area contributed by atoms with E-state index >= 15 is 0 Å². The molecule has 0 aromatic carbocycles. The number of carbonyl (C=O) groups is 1. The van der Waals surface area contributed by atoms with Crippen molar-refractivity contribution in [2.45, 2.75) is 38.6 Å². The first-order chi connectivity index (χ1) is 8.04. The normalized spacial score (nSPS) is 14.4. The second kappa shape index (κ2) is 6.99. The summed E-state index contributed by atoms with van der Waals surface area (Å²) in [6.45, 7) is 3.98. The van der Waals surface area contributed by atoms with Crippen molar-refractivity contribution in [1.82, 2.24) is 5.32 Å². The fourth-order valence-electron chi connectivity index (χ4n) is 1.53. The van der Waals surface area contributed by atoms with E-state index < -0.39 is 0 Å². The lowest BCUT2D eigenvalue weighted by Gasteiger charge is -2.16. The summed E-state index contributed by atoms with van der Waals surface area (Å²) >= 11 is 7.28. The molecule has 0 fully saturated rings. The summed E-state index contributed by atoms with van der Waals surface area (Å²) in [6, 6.07) is 3.78. The Labute approximate surface area is 111 Å². The van der Waals surface area contributed by atoms with Crippen molar-refractivity contribution < 1.29 is 9.90 Å². The van der Waals surface area contributed by atoms with Gasteiger partial charge in [-0.1, -0.05) is 11.6 Å². The van der Waals surface area contributed by atoms with Gasteiger partial charge in [-0.25, -0.2) is 0 Å². The Balaban J connectivity index is 2.47. The Kier molecular flexibility index (Phi) is 5.95. The average Bonchev–Trinajstić information content (AvgIpc) is 2.72. The molecule has 1 aromatic rings. The van der Waals surface area contributed by atoms with Gasteiger partial charge in [0.1, 0.15) is 0 Å². The number of hydrogen-bond acceptors (Lipinski definition) is 3. The number of carbonyl (C=O) groups excluding carboxylic acids is 1. The largest absolute Gasteiger partial charge is 0.396 e. The monoisotopic (exact) mass is 275 g/mol. The maximum atomic E-state index is 11.9. The van der Waals surface area contributed by atoms with Gasteiger partial charge in [0, 0.05) is 17.5 Å². The van der Waals surface area contributed by atoms with Crippen molar-refractivity contribution in [3.05, 3.63) is 21.3 Å². The molecule has 0 saturated carbocycles. The van der Waals surface area contributed by atoms with Crippen LogP contribution in [0.3, 0.4) is 0 Å². The van der Waals surface area contributed by atoms with Gasteiger partial charge in [0.2, 0.25) is 5.91 Å². The van der Waals surface area contributed by atoms with E-state index in [9.17, 15) is 4.79 Å². The van der Waals surface area contributed by atoms with E-state index in [0.29, 0.717) is 10.8 Å². The van der Waals surface area contributed by atoms with Gasteiger partial charge < -0.3 is 10.4 Å². The summed E-state index contributed by atoms with van der Waals surface area (Å²) in [6.07, 6.45) is 1.50. The minimum absolute atomic E-state index is 0.00829. The van der Waals surface area contributed by atoms with Crippen molar-refractivity contribution in [3.8, 4) is 0 Å². The Morgan fingerprint density at radius 3 is 2.76 bits per heavy atom. The molecule has 17 heavy (non-hydrogen) atoms. The van der Waals surface area contributed by atoms with Crippen molar-refractivity contribution in [2.75, 3.05) is 6.61 Å². The zero-order valence-corrected chi connectivity index (χ0v) is 11.6. The van der Waals surface area contributed by atoms with Crippen molar-refractivity contribution in [2.24, 2.45) is 0 Å². The highest BCUT2D eigenvalue weighted by Crippen LogP contribution is 2.28. The lowest BCUT2D eigenvalue weighted by molar-refractivity contribution is -0.122.